The minimum absolute atomic E-state index is 0.0351. The Morgan fingerprint density at radius 3 is 2.04 bits per heavy atom. The van der Waals surface area contributed by atoms with E-state index < -0.39 is 16.8 Å². The lowest BCUT2D eigenvalue weighted by atomic mass is 9.76. The van der Waals surface area contributed by atoms with Gasteiger partial charge in [-0.25, -0.2) is 0 Å². The average Bonchev–Trinajstić information content (AvgIpc) is 2.63. The molecule has 2 rings (SSSR count). The van der Waals surface area contributed by atoms with Gasteiger partial charge in [-0.05, 0) is 39.8 Å². The molecule has 0 radical (unpaired) electrons. The van der Waals surface area contributed by atoms with Crippen LogP contribution >= 0.6 is 0 Å². The minimum Gasteiger partial charge on any atom is -0.481 e. The zero-order chi connectivity index (χ0) is 20.0. The molecule has 2 aromatic rings. The van der Waals surface area contributed by atoms with E-state index in [9.17, 15) is 14.7 Å². The Balaban J connectivity index is 0.00000163. The Morgan fingerprint density at radius 2 is 1.50 bits per heavy atom. The van der Waals surface area contributed by atoms with Gasteiger partial charge in [-0.2, -0.15) is 0 Å². The number of ketones is 1. The zero-order valence-corrected chi connectivity index (χ0v) is 16.5. The molecule has 0 atom stereocenters. The highest BCUT2D eigenvalue weighted by Gasteiger charge is 2.38. The van der Waals surface area contributed by atoms with Crippen molar-refractivity contribution in [1.82, 2.24) is 4.98 Å². The highest BCUT2D eigenvalue weighted by atomic mass is 16.4. The fraction of sp³-hybridized carbons (Fsp3) is 0.409. The summed E-state index contributed by atoms with van der Waals surface area (Å²) in [6, 6.07) is 15.4. The highest BCUT2D eigenvalue weighted by molar-refractivity contribution is 5.92. The van der Waals surface area contributed by atoms with Crippen molar-refractivity contribution in [2.24, 2.45) is 5.41 Å². The maximum atomic E-state index is 12.7. The van der Waals surface area contributed by atoms with Gasteiger partial charge in [0.1, 0.15) is 5.78 Å². The molecule has 4 nitrogen and oxygen atoms in total. The minimum atomic E-state index is -1.09. The summed E-state index contributed by atoms with van der Waals surface area (Å²) < 4.78 is 0. The third-order valence-corrected chi connectivity index (χ3v) is 4.34. The van der Waals surface area contributed by atoms with E-state index in [4.69, 9.17) is 0 Å². The molecule has 0 unspecified atom stereocenters. The molecule has 0 aliphatic heterocycles. The fourth-order valence-corrected chi connectivity index (χ4v) is 2.39. The van der Waals surface area contributed by atoms with Gasteiger partial charge >= 0.3 is 5.97 Å². The smallest absolute Gasteiger partial charge is 0.309 e. The number of aliphatic carboxylic acids is 1. The van der Waals surface area contributed by atoms with E-state index in [1.54, 1.807) is 27.7 Å². The standard InChI is InChI=1S/C20H23NO3.C2H6/c1-19(2,18(23)24)13-17(22)20(3,4)16-12-8-11-15(21-16)14-9-6-5-7-10-14;1-2/h5-12H,13H2,1-4H3,(H,23,24);1-2H3. The number of nitrogens with zero attached hydrogens (tertiary/aromatic N) is 1. The Hall–Kier alpha value is -2.49. The predicted molar refractivity (Wildman–Crippen MR) is 105 cm³/mol. The van der Waals surface area contributed by atoms with Crippen LogP contribution in [0.5, 0.6) is 0 Å². The van der Waals surface area contributed by atoms with Crippen molar-refractivity contribution in [1.29, 1.82) is 0 Å². The quantitative estimate of drug-likeness (QED) is 0.780. The van der Waals surface area contributed by atoms with Gasteiger partial charge < -0.3 is 5.11 Å². The largest absolute Gasteiger partial charge is 0.481 e. The van der Waals surface area contributed by atoms with E-state index in [0.29, 0.717) is 5.69 Å². The fourth-order valence-electron chi connectivity index (χ4n) is 2.39. The van der Waals surface area contributed by atoms with Crippen molar-refractivity contribution in [3.63, 3.8) is 0 Å². The van der Waals surface area contributed by atoms with Crippen molar-refractivity contribution < 1.29 is 14.7 Å². The van der Waals surface area contributed by atoms with Crippen molar-refractivity contribution in [2.75, 3.05) is 0 Å². The van der Waals surface area contributed by atoms with Gasteiger partial charge in [0, 0.05) is 12.0 Å². The number of Topliss-reactive ketones (excluding diaryl/α,β-unsaturated/α-hetero) is 1. The Kier molecular flexibility index (Phi) is 7.25. The molecule has 0 bridgehead atoms. The summed E-state index contributed by atoms with van der Waals surface area (Å²) in [7, 11) is 0. The highest BCUT2D eigenvalue weighted by Crippen LogP contribution is 2.31. The number of hydrogen-bond acceptors (Lipinski definition) is 3. The van der Waals surface area contributed by atoms with Crippen LogP contribution in [0.2, 0.25) is 0 Å². The number of carboxylic acids is 1. The molecule has 140 valence electrons. The molecular formula is C22H29NO3. The summed E-state index contributed by atoms with van der Waals surface area (Å²) in [5.41, 5.74) is 0.484. The number of hydrogen-bond donors (Lipinski definition) is 1. The van der Waals surface area contributed by atoms with Crippen LogP contribution in [0.15, 0.2) is 48.5 Å². The maximum absolute atomic E-state index is 12.7. The van der Waals surface area contributed by atoms with Gasteiger partial charge in [0.15, 0.2) is 0 Å². The van der Waals surface area contributed by atoms with Crippen molar-refractivity contribution in [3.8, 4) is 11.3 Å². The van der Waals surface area contributed by atoms with Crippen molar-refractivity contribution in [2.45, 2.75) is 53.4 Å². The summed E-state index contributed by atoms with van der Waals surface area (Å²) in [6.45, 7) is 10.7. The van der Waals surface area contributed by atoms with E-state index in [1.807, 2.05) is 62.4 Å². The van der Waals surface area contributed by atoms with E-state index in [1.165, 1.54) is 0 Å². The number of carbonyl (C=O) groups excluding carboxylic acids is 1. The number of carbonyl (C=O) groups is 2. The molecule has 1 heterocycles. The van der Waals surface area contributed by atoms with Crippen molar-refractivity contribution in [3.05, 3.63) is 54.2 Å². The second-order valence-electron chi connectivity index (χ2n) is 7.19. The summed E-state index contributed by atoms with van der Waals surface area (Å²) in [4.78, 5) is 28.7. The first-order valence-corrected chi connectivity index (χ1v) is 8.94. The van der Waals surface area contributed by atoms with E-state index in [0.717, 1.165) is 11.3 Å². The molecule has 0 saturated heterocycles. The lowest BCUT2D eigenvalue weighted by Gasteiger charge is -2.27. The summed E-state index contributed by atoms with van der Waals surface area (Å²) >= 11 is 0. The number of aromatic nitrogens is 1. The van der Waals surface area contributed by atoms with Crippen LogP contribution in [-0.4, -0.2) is 21.8 Å². The third kappa shape index (κ3) is 5.01. The monoisotopic (exact) mass is 355 g/mol. The SMILES string of the molecule is CC.CC(C)(CC(=O)C(C)(C)c1cccc(-c2ccccc2)n1)C(=O)O. The zero-order valence-electron chi connectivity index (χ0n) is 16.5. The molecule has 1 N–H and O–H groups in total. The van der Waals surface area contributed by atoms with E-state index in [-0.39, 0.29) is 12.2 Å². The predicted octanol–water partition coefficient (Wildman–Crippen LogP) is 5.12. The summed E-state index contributed by atoms with van der Waals surface area (Å²) in [5.74, 6) is -1.11. The first kappa shape index (κ1) is 21.6. The molecule has 0 aliphatic rings. The molecule has 4 heteroatoms. The number of carboxylic acid groups (broad SMARTS) is 1. The molecule has 0 amide bonds. The van der Waals surface area contributed by atoms with Crippen LogP contribution in [-0.2, 0) is 15.0 Å². The molecule has 1 aromatic heterocycles. The van der Waals surface area contributed by atoms with Gasteiger partial charge in [0.05, 0.1) is 22.2 Å². The molecule has 0 fully saturated rings. The van der Waals surface area contributed by atoms with E-state index in [2.05, 4.69) is 4.98 Å². The van der Waals surface area contributed by atoms with Crippen molar-refractivity contribution >= 4 is 11.8 Å². The van der Waals surface area contributed by atoms with Gasteiger partial charge in [-0.15, -0.1) is 0 Å². The molecule has 1 aromatic carbocycles. The Morgan fingerprint density at radius 1 is 0.923 bits per heavy atom. The first-order chi connectivity index (χ1) is 12.1. The number of pyridine rings is 1. The Bertz CT molecular complexity index is 749. The van der Waals surface area contributed by atoms with Crippen LogP contribution in [0.4, 0.5) is 0 Å². The molecular weight excluding hydrogens is 326 g/mol. The normalized spacial score (nSPS) is 11.3. The maximum Gasteiger partial charge on any atom is 0.309 e. The van der Waals surface area contributed by atoms with Crippen LogP contribution < -0.4 is 0 Å². The second-order valence-corrected chi connectivity index (χ2v) is 7.19. The van der Waals surface area contributed by atoms with Crippen LogP contribution in [0.25, 0.3) is 11.3 Å². The van der Waals surface area contributed by atoms with Crippen LogP contribution in [0.3, 0.4) is 0 Å². The van der Waals surface area contributed by atoms with E-state index >= 15 is 0 Å². The first-order valence-electron chi connectivity index (χ1n) is 8.94. The second kappa shape index (κ2) is 8.75. The van der Waals surface area contributed by atoms with Gasteiger partial charge in [0.2, 0.25) is 0 Å². The molecule has 0 spiro atoms. The summed E-state index contributed by atoms with van der Waals surface area (Å²) in [5, 5.41) is 9.25. The van der Waals surface area contributed by atoms with Crippen LogP contribution in [0, 0.1) is 5.41 Å². The topological polar surface area (TPSA) is 67.3 Å². The average molecular weight is 355 g/mol. The molecule has 0 saturated carbocycles. The lowest BCUT2D eigenvalue weighted by molar-refractivity contribution is -0.149. The molecule has 26 heavy (non-hydrogen) atoms. The van der Waals surface area contributed by atoms with Crippen LogP contribution in [0.1, 0.15) is 53.7 Å². The van der Waals surface area contributed by atoms with Gasteiger partial charge in [-0.3, -0.25) is 14.6 Å². The summed E-state index contributed by atoms with van der Waals surface area (Å²) in [6.07, 6.45) is -0.0351. The van der Waals surface area contributed by atoms with Gasteiger partial charge in [0.25, 0.3) is 0 Å². The number of rotatable bonds is 6. The number of benzene rings is 1. The van der Waals surface area contributed by atoms with Gasteiger partial charge in [-0.1, -0.05) is 50.2 Å². The Labute approximate surface area is 156 Å². The lowest BCUT2D eigenvalue weighted by Crippen LogP contribution is -2.36. The molecule has 0 aliphatic carbocycles. The third-order valence-electron chi connectivity index (χ3n) is 4.34.